The molecule has 0 aromatic carbocycles. The molecule has 0 aromatic heterocycles. The summed E-state index contributed by atoms with van der Waals surface area (Å²) in [6.45, 7) is 7.29. The second-order valence-electron chi connectivity index (χ2n) is 5.88. The number of ketones is 1. The van der Waals surface area contributed by atoms with Crippen LogP contribution in [0.4, 0.5) is 0 Å². The highest BCUT2D eigenvalue weighted by Crippen LogP contribution is 2.27. The molecule has 0 radical (unpaired) electrons. The molecule has 0 bridgehead atoms. The van der Waals surface area contributed by atoms with Crippen molar-refractivity contribution in [2.75, 3.05) is 0 Å². The third kappa shape index (κ3) is 5.13. The molecule has 1 rings (SSSR count). The van der Waals surface area contributed by atoms with E-state index in [0.29, 0.717) is 30.4 Å². The van der Waals surface area contributed by atoms with E-state index in [1.807, 2.05) is 19.9 Å². The lowest BCUT2D eigenvalue weighted by Crippen LogP contribution is -2.23. The van der Waals surface area contributed by atoms with Crippen LogP contribution in [0.25, 0.3) is 0 Å². The third-order valence-electron chi connectivity index (χ3n) is 3.07. The molecule has 3 heteroatoms. The van der Waals surface area contributed by atoms with Crippen molar-refractivity contribution in [2.45, 2.75) is 58.7 Å². The molecule has 1 aliphatic rings. The summed E-state index contributed by atoms with van der Waals surface area (Å²) in [5.41, 5.74) is 1.51. The predicted octanol–water partition coefficient (Wildman–Crippen LogP) is 2.69. The van der Waals surface area contributed by atoms with Crippen molar-refractivity contribution < 1.29 is 15.0 Å². The highest BCUT2D eigenvalue weighted by atomic mass is 16.3. The third-order valence-corrected chi connectivity index (χ3v) is 3.07. The van der Waals surface area contributed by atoms with E-state index in [2.05, 4.69) is 0 Å². The van der Waals surface area contributed by atoms with Crippen LogP contribution in [0.3, 0.4) is 0 Å². The molecule has 3 nitrogen and oxygen atoms in total. The van der Waals surface area contributed by atoms with Gasteiger partial charge in [-0.25, -0.2) is 0 Å². The molecule has 106 valence electrons. The quantitative estimate of drug-likeness (QED) is 0.768. The Morgan fingerprint density at radius 2 is 2.05 bits per heavy atom. The monoisotopic (exact) mass is 264 g/mol. The minimum absolute atomic E-state index is 0.0956. The van der Waals surface area contributed by atoms with Gasteiger partial charge in [-0.15, -0.1) is 0 Å². The van der Waals surface area contributed by atoms with E-state index < -0.39 is 11.7 Å². The maximum absolute atomic E-state index is 12.0. The predicted molar refractivity (Wildman–Crippen MR) is 76.8 cm³/mol. The number of Topliss-reactive ketones (excluding diaryl/α,β-unsaturated/α-hetero) is 1. The summed E-state index contributed by atoms with van der Waals surface area (Å²) < 4.78 is 0. The second kappa shape index (κ2) is 6.31. The van der Waals surface area contributed by atoms with Gasteiger partial charge in [0.25, 0.3) is 0 Å². The van der Waals surface area contributed by atoms with Crippen molar-refractivity contribution in [2.24, 2.45) is 0 Å². The number of aliphatic hydroxyl groups excluding tert-OH is 1. The Morgan fingerprint density at radius 3 is 2.58 bits per heavy atom. The van der Waals surface area contributed by atoms with Crippen LogP contribution < -0.4 is 0 Å². The lowest BCUT2D eigenvalue weighted by Gasteiger charge is -2.22. The molecule has 0 aliphatic heterocycles. The molecule has 0 saturated carbocycles. The topological polar surface area (TPSA) is 57.5 Å². The lowest BCUT2D eigenvalue weighted by molar-refractivity contribution is -0.116. The molecule has 1 atom stereocenters. The average molecular weight is 264 g/mol. The summed E-state index contributed by atoms with van der Waals surface area (Å²) in [7, 11) is 0. The van der Waals surface area contributed by atoms with Crippen LogP contribution in [0.1, 0.15) is 47.0 Å². The van der Waals surface area contributed by atoms with E-state index in [9.17, 15) is 15.0 Å². The number of allylic oxidation sites excluding steroid dienone is 3. The first-order valence-electron chi connectivity index (χ1n) is 6.70. The zero-order chi connectivity index (χ0) is 14.6. The second-order valence-corrected chi connectivity index (χ2v) is 5.88. The molecule has 0 spiro atoms. The van der Waals surface area contributed by atoms with Gasteiger partial charge in [-0.3, -0.25) is 4.79 Å². The SMILES string of the molecule is CC(C)=CCC1=C(/C=C/C(C)(C)O)[C@@H](O)CCC1=O. The van der Waals surface area contributed by atoms with Crippen LogP contribution in [0, 0.1) is 0 Å². The number of hydrogen-bond donors (Lipinski definition) is 2. The van der Waals surface area contributed by atoms with Crippen molar-refractivity contribution in [3.63, 3.8) is 0 Å². The highest BCUT2D eigenvalue weighted by molar-refractivity contribution is 5.98. The zero-order valence-electron chi connectivity index (χ0n) is 12.2. The van der Waals surface area contributed by atoms with Gasteiger partial charge in [-0.1, -0.05) is 23.8 Å². The van der Waals surface area contributed by atoms with Crippen molar-refractivity contribution in [1.82, 2.24) is 0 Å². The van der Waals surface area contributed by atoms with E-state index in [1.165, 1.54) is 0 Å². The minimum atomic E-state index is -0.950. The maximum Gasteiger partial charge on any atom is 0.159 e. The fourth-order valence-corrected chi connectivity index (χ4v) is 1.98. The number of rotatable bonds is 4. The molecule has 0 heterocycles. The van der Waals surface area contributed by atoms with Gasteiger partial charge in [0.05, 0.1) is 11.7 Å². The summed E-state index contributed by atoms with van der Waals surface area (Å²) in [5.74, 6) is 0.0956. The summed E-state index contributed by atoms with van der Waals surface area (Å²) in [5, 5.41) is 19.8. The van der Waals surface area contributed by atoms with Crippen LogP contribution >= 0.6 is 0 Å². The highest BCUT2D eigenvalue weighted by Gasteiger charge is 2.25. The van der Waals surface area contributed by atoms with Gasteiger partial charge < -0.3 is 10.2 Å². The zero-order valence-corrected chi connectivity index (χ0v) is 12.2. The summed E-state index contributed by atoms with van der Waals surface area (Å²) in [6.07, 6.45) is 6.09. The van der Waals surface area contributed by atoms with Gasteiger partial charge in [0.1, 0.15) is 0 Å². The molecular formula is C16H24O3. The van der Waals surface area contributed by atoms with Crippen molar-refractivity contribution >= 4 is 5.78 Å². The number of aliphatic hydroxyl groups is 2. The van der Waals surface area contributed by atoms with E-state index in [1.54, 1.807) is 26.0 Å². The van der Waals surface area contributed by atoms with Gasteiger partial charge in [-0.05, 0) is 46.1 Å². The fourth-order valence-electron chi connectivity index (χ4n) is 1.98. The Hall–Kier alpha value is -1.19. The Balaban J connectivity index is 3.12. The molecule has 0 fully saturated rings. The van der Waals surface area contributed by atoms with Crippen LogP contribution in [0.15, 0.2) is 34.9 Å². The van der Waals surface area contributed by atoms with E-state index in [0.717, 1.165) is 5.57 Å². The van der Waals surface area contributed by atoms with Gasteiger partial charge in [0.15, 0.2) is 5.78 Å². The first kappa shape index (κ1) is 15.9. The summed E-state index contributed by atoms with van der Waals surface area (Å²) >= 11 is 0. The van der Waals surface area contributed by atoms with Crippen LogP contribution in [-0.2, 0) is 4.79 Å². The van der Waals surface area contributed by atoms with Crippen molar-refractivity contribution in [3.05, 3.63) is 34.9 Å². The smallest absolute Gasteiger partial charge is 0.159 e. The van der Waals surface area contributed by atoms with E-state index in [-0.39, 0.29) is 5.78 Å². The summed E-state index contributed by atoms with van der Waals surface area (Å²) in [6, 6.07) is 0. The largest absolute Gasteiger partial charge is 0.388 e. The first-order chi connectivity index (χ1) is 8.70. The van der Waals surface area contributed by atoms with Gasteiger partial charge in [-0.2, -0.15) is 0 Å². The molecule has 0 saturated heterocycles. The van der Waals surface area contributed by atoms with Gasteiger partial charge in [0, 0.05) is 12.0 Å². The molecule has 19 heavy (non-hydrogen) atoms. The molecule has 1 aliphatic carbocycles. The Labute approximate surface area is 115 Å². The lowest BCUT2D eigenvalue weighted by atomic mass is 9.85. The number of carbonyl (C=O) groups excluding carboxylic acids is 1. The van der Waals surface area contributed by atoms with E-state index >= 15 is 0 Å². The maximum atomic E-state index is 12.0. The van der Waals surface area contributed by atoms with Gasteiger partial charge in [0.2, 0.25) is 0 Å². The molecule has 0 amide bonds. The Bertz CT molecular complexity index is 429. The number of carbonyl (C=O) groups is 1. The van der Waals surface area contributed by atoms with Crippen LogP contribution in [0.5, 0.6) is 0 Å². The Morgan fingerprint density at radius 1 is 1.42 bits per heavy atom. The first-order valence-corrected chi connectivity index (χ1v) is 6.70. The fraction of sp³-hybridized carbons (Fsp3) is 0.562. The molecule has 2 N–H and O–H groups in total. The minimum Gasteiger partial charge on any atom is -0.388 e. The molecule has 0 unspecified atom stereocenters. The Kier molecular flexibility index (Phi) is 5.27. The summed E-state index contributed by atoms with van der Waals surface area (Å²) in [4.78, 5) is 12.0. The normalized spacial score (nSPS) is 21.2. The molecule has 0 aromatic rings. The van der Waals surface area contributed by atoms with Crippen LogP contribution in [-0.4, -0.2) is 27.7 Å². The standard InChI is InChI=1S/C16H24O3/c1-11(2)5-6-12-13(9-10-16(3,4)19)15(18)8-7-14(12)17/h5,9-10,15,18-19H,6-8H2,1-4H3/b10-9+/t15-/m0/s1. The van der Waals surface area contributed by atoms with Crippen molar-refractivity contribution in [3.8, 4) is 0 Å². The number of hydrogen-bond acceptors (Lipinski definition) is 3. The van der Waals surface area contributed by atoms with Gasteiger partial charge >= 0.3 is 0 Å². The molecular weight excluding hydrogens is 240 g/mol. The van der Waals surface area contributed by atoms with Crippen molar-refractivity contribution in [1.29, 1.82) is 0 Å². The average Bonchev–Trinajstić information content (AvgIpc) is 2.27. The van der Waals surface area contributed by atoms with Crippen LogP contribution in [0.2, 0.25) is 0 Å². The van der Waals surface area contributed by atoms with E-state index in [4.69, 9.17) is 0 Å².